The topological polar surface area (TPSA) is 127 Å². The number of carboxylic acid groups (broad SMARTS) is 1. The van der Waals surface area contributed by atoms with E-state index in [4.69, 9.17) is 9.84 Å². The zero-order valence-electron chi connectivity index (χ0n) is 12.1. The molecule has 3 N–H and O–H groups in total. The van der Waals surface area contributed by atoms with Gasteiger partial charge in [-0.15, -0.1) is 0 Å². The Morgan fingerprint density at radius 1 is 1.36 bits per heavy atom. The minimum atomic E-state index is -1.03. The Morgan fingerprint density at radius 2 is 2.00 bits per heavy atom. The molecule has 1 saturated carbocycles. The summed E-state index contributed by atoms with van der Waals surface area (Å²) in [6.07, 6.45) is 1.76. The summed E-state index contributed by atoms with van der Waals surface area (Å²) in [6, 6.07) is 2.75. The Kier molecular flexibility index (Phi) is 4.97. The molecular weight excluding hydrogens is 292 g/mol. The third-order valence-corrected chi connectivity index (χ3v) is 3.65. The molecule has 0 radical (unpaired) electrons. The van der Waals surface area contributed by atoms with Crippen LogP contribution in [0.1, 0.15) is 25.7 Å². The first-order valence-electron chi connectivity index (χ1n) is 6.95. The van der Waals surface area contributed by atoms with E-state index < -0.39 is 11.0 Å². The second-order valence-corrected chi connectivity index (χ2v) is 5.12. The van der Waals surface area contributed by atoms with E-state index in [-0.39, 0.29) is 23.6 Å². The quantitative estimate of drug-likeness (QED) is 0.560. The van der Waals surface area contributed by atoms with Gasteiger partial charge in [0, 0.05) is 24.2 Å². The molecule has 22 heavy (non-hydrogen) atoms. The van der Waals surface area contributed by atoms with Crippen LogP contribution in [-0.4, -0.2) is 40.3 Å². The van der Waals surface area contributed by atoms with Crippen molar-refractivity contribution in [2.24, 2.45) is 0 Å². The van der Waals surface area contributed by atoms with Gasteiger partial charge in [-0.05, 0) is 25.7 Å². The molecule has 1 fully saturated rings. The van der Waals surface area contributed by atoms with Crippen molar-refractivity contribution in [2.45, 2.75) is 37.8 Å². The lowest BCUT2D eigenvalue weighted by Gasteiger charge is -2.29. The number of anilines is 1. The van der Waals surface area contributed by atoms with E-state index >= 15 is 0 Å². The predicted octanol–water partition coefficient (Wildman–Crippen LogP) is 1.99. The summed E-state index contributed by atoms with van der Waals surface area (Å²) >= 11 is 0. The van der Waals surface area contributed by atoms with Crippen molar-refractivity contribution >= 4 is 17.6 Å². The molecule has 1 aromatic rings. The number of aromatic nitrogens is 1. The van der Waals surface area contributed by atoms with Crippen LogP contribution in [-0.2, 0) is 0 Å². The summed E-state index contributed by atoms with van der Waals surface area (Å²) < 4.78 is 4.99. The molecule has 1 aromatic heterocycles. The van der Waals surface area contributed by atoms with E-state index in [2.05, 4.69) is 15.6 Å². The van der Waals surface area contributed by atoms with Gasteiger partial charge in [-0.1, -0.05) is 0 Å². The van der Waals surface area contributed by atoms with Gasteiger partial charge in [0.1, 0.15) is 0 Å². The standard InChI is InChI=1S/C13H18N4O5/c1-22-11-7-6-10(17(20)21)12(16-11)14-8-2-4-9(5-3-8)15-13(18)19/h6-9,15H,2-5H2,1H3,(H,14,16)(H,18,19). The largest absolute Gasteiger partial charge is 0.481 e. The normalized spacial score (nSPS) is 21.0. The fraction of sp³-hybridized carbons (Fsp3) is 0.538. The lowest BCUT2D eigenvalue weighted by Crippen LogP contribution is -2.39. The first kappa shape index (κ1) is 15.8. The van der Waals surface area contributed by atoms with Crippen LogP contribution in [0.3, 0.4) is 0 Å². The highest BCUT2D eigenvalue weighted by molar-refractivity contribution is 5.64. The molecule has 1 amide bonds. The van der Waals surface area contributed by atoms with Crippen molar-refractivity contribution in [1.29, 1.82) is 0 Å². The van der Waals surface area contributed by atoms with Crippen molar-refractivity contribution in [1.82, 2.24) is 10.3 Å². The molecule has 0 aliphatic heterocycles. The lowest BCUT2D eigenvalue weighted by molar-refractivity contribution is -0.384. The molecule has 2 rings (SSSR count). The molecular formula is C13H18N4O5. The van der Waals surface area contributed by atoms with Crippen LogP contribution in [0.4, 0.5) is 16.3 Å². The van der Waals surface area contributed by atoms with Crippen LogP contribution in [0.5, 0.6) is 5.88 Å². The average molecular weight is 310 g/mol. The van der Waals surface area contributed by atoms with Crippen LogP contribution in [0.25, 0.3) is 0 Å². The second-order valence-electron chi connectivity index (χ2n) is 5.12. The Bertz CT molecular complexity index is 557. The van der Waals surface area contributed by atoms with E-state index in [9.17, 15) is 14.9 Å². The van der Waals surface area contributed by atoms with Crippen LogP contribution in [0, 0.1) is 10.1 Å². The Labute approximate surface area is 126 Å². The maximum absolute atomic E-state index is 11.0. The molecule has 0 aromatic carbocycles. The summed E-state index contributed by atoms with van der Waals surface area (Å²) in [5.41, 5.74) is -0.105. The van der Waals surface area contributed by atoms with Gasteiger partial charge in [-0.25, -0.2) is 4.79 Å². The number of nitro groups is 1. The van der Waals surface area contributed by atoms with Gasteiger partial charge < -0.3 is 20.5 Å². The van der Waals surface area contributed by atoms with Crippen molar-refractivity contribution in [2.75, 3.05) is 12.4 Å². The number of amides is 1. The molecule has 9 heteroatoms. The summed E-state index contributed by atoms with van der Waals surface area (Å²) in [5, 5.41) is 25.3. The number of nitrogens with one attached hydrogen (secondary N) is 2. The number of rotatable bonds is 5. The number of ether oxygens (including phenoxy) is 1. The third kappa shape index (κ3) is 3.96. The SMILES string of the molecule is COc1ccc([N+](=O)[O-])c(NC2CCC(NC(=O)O)CC2)n1. The number of nitrogens with zero attached hydrogens (tertiary/aromatic N) is 2. The monoisotopic (exact) mass is 310 g/mol. The molecule has 0 bridgehead atoms. The first-order chi connectivity index (χ1) is 10.5. The van der Waals surface area contributed by atoms with Crippen LogP contribution >= 0.6 is 0 Å². The Hall–Kier alpha value is -2.58. The van der Waals surface area contributed by atoms with Gasteiger partial charge in [0.2, 0.25) is 11.7 Å². The van der Waals surface area contributed by atoms with Crippen LogP contribution < -0.4 is 15.4 Å². The highest BCUT2D eigenvalue weighted by Crippen LogP contribution is 2.28. The molecule has 120 valence electrons. The van der Waals surface area contributed by atoms with Crippen LogP contribution in [0.15, 0.2) is 12.1 Å². The number of methoxy groups -OCH3 is 1. The van der Waals surface area contributed by atoms with Gasteiger partial charge in [0.15, 0.2) is 0 Å². The molecule has 1 aliphatic rings. The molecule has 0 unspecified atom stereocenters. The predicted molar refractivity (Wildman–Crippen MR) is 78.3 cm³/mol. The van der Waals surface area contributed by atoms with Crippen molar-refractivity contribution in [3.05, 3.63) is 22.2 Å². The van der Waals surface area contributed by atoms with E-state index in [1.165, 1.54) is 19.2 Å². The molecule has 1 heterocycles. The molecule has 0 atom stereocenters. The van der Waals surface area contributed by atoms with Crippen molar-refractivity contribution in [3.8, 4) is 5.88 Å². The van der Waals surface area contributed by atoms with E-state index in [0.717, 1.165) is 0 Å². The molecule has 0 saturated heterocycles. The van der Waals surface area contributed by atoms with Gasteiger partial charge in [0.05, 0.1) is 12.0 Å². The van der Waals surface area contributed by atoms with Gasteiger partial charge in [-0.3, -0.25) is 10.1 Å². The van der Waals surface area contributed by atoms with Gasteiger partial charge >= 0.3 is 11.8 Å². The van der Waals surface area contributed by atoms with E-state index in [1.807, 2.05) is 0 Å². The first-order valence-corrected chi connectivity index (χ1v) is 6.95. The fourth-order valence-electron chi connectivity index (χ4n) is 2.55. The number of hydrogen-bond donors (Lipinski definition) is 3. The van der Waals surface area contributed by atoms with E-state index in [0.29, 0.717) is 31.6 Å². The molecule has 9 nitrogen and oxygen atoms in total. The Morgan fingerprint density at radius 3 is 2.55 bits per heavy atom. The third-order valence-electron chi connectivity index (χ3n) is 3.65. The van der Waals surface area contributed by atoms with Crippen molar-refractivity contribution < 1.29 is 19.6 Å². The Balaban J connectivity index is 2.02. The maximum atomic E-state index is 11.0. The molecule has 1 aliphatic carbocycles. The fourth-order valence-corrected chi connectivity index (χ4v) is 2.55. The summed E-state index contributed by atoms with van der Waals surface area (Å²) in [6.45, 7) is 0. The van der Waals surface area contributed by atoms with Crippen LogP contribution in [0.2, 0.25) is 0 Å². The molecule has 0 spiro atoms. The summed E-state index contributed by atoms with van der Waals surface area (Å²) in [7, 11) is 1.45. The highest BCUT2D eigenvalue weighted by Gasteiger charge is 2.25. The lowest BCUT2D eigenvalue weighted by atomic mass is 9.91. The zero-order valence-corrected chi connectivity index (χ0v) is 12.1. The second kappa shape index (κ2) is 6.92. The average Bonchev–Trinajstić information content (AvgIpc) is 2.48. The number of hydrogen-bond acceptors (Lipinski definition) is 6. The number of carbonyl (C=O) groups is 1. The number of pyridine rings is 1. The smallest absolute Gasteiger partial charge is 0.404 e. The zero-order chi connectivity index (χ0) is 16.1. The highest BCUT2D eigenvalue weighted by atomic mass is 16.6. The van der Waals surface area contributed by atoms with Gasteiger partial charge in [-0.2, -0.15) is 4.98 Å². The minimum Gasteiger partial charge on any atom is -0.481 e. The summed E-state index contributed by atoms with van der Waals surface area (Å²) in [4.78, 5) is 25.2. The maximum Gasteiger partial charge on any atom is 0.404 e. The van der Waals surface area contributed by atoms with Crippen molar-refractivity contribution in [3.63, 3.8) is 0 Å². The van der Waals surface area contributed by atoms with Gasteiger partial charge in [0.25, 0.3) is 0 Å². The minimum absolute atomic E-state index is 0.0187. The summed E-state index contributed by atoms with van der Waals surface area (Å²) in [5.74, 6) is 0.480. The van der Waals surface area contributed by atoms with E-state index in [1.54, 1.807) is 0 Å².